The van der Waals surface area contributed by atoms with Gasteiger partial charge in [0.1, 0.15) is 18.2 Å². The number of phenolic OH excluding ortho intramolecular Hbond substituents is 2. The zero-order valence-electron chi connectivity index (χ0n) is 15.3. The Morgan fingerprint density at radius 2 is 1.64 bits per heavy atom. The maximum Gasteiger partial charge on any atom is 0.323 e. The van der Waals surface area contributed by atoms with Crippen LogP contribution in [-0.4, -0.2) is 40.4 Å². The van der Waals surface area contributed by atoms with Gasteiger partial charge in [0.25, 0.3) is 0 Å². The number of phenols is 2. The van der Waals surface area contributed by atoms with Crippen molar-refractivity contribution in [1.82, 2.24) is 0 Å². The Balaban J connectivity index is 2.58. The fourth-order valence-electron chi connectivity index (χ4n) is 1.84. The zero-order chi connectivity index (χ0) is 19.4. The third kappa shape index (κ3) is 6.26. The van der Waals surface area contributed by atoms with E-state index in [9.17, 15) is 19.8 Å². The second-order valence-corrected chi connectivity index (χ2v) is 7.14. The molecule has 0 spiro atoms. The molecule has 7 nitrogen and oxygen atoms in total. The van der Waals surface area contributed by atoms with Gasteiger partial charge in [-0.3, -0.25) is 9.59 Å². The minimum Gasteiger partial charge on any atom is -0.504 e. The third-order valence-corrected chi connectivity index (χ3v) is 3.67. The van der Waals surface area contributed by atoms with Crippen LogP contribution in [0.3, 0.4) is 0 Å². The summed E-state index contributed by atoms with van der Waals surface area (Å²) in [6.07, 6.45) is -1.13. The summed E-state index contributed by atoms with van der Waals surface area (Å²) in [5.74, 6) is -1.55. The van der Waals surface area contributed by atoms with Crippen molar-refractivity contribution in [3.63, 3.8) is 0 Å². The van der Waals surface area contributed by atoms with E-state index in [-0.39, 0.29) is 23.9 Å². The Morgan fingerprint density at radius 3 is 2.16 bits per heavy atom. The van der Waals surface area contributed by atoms with Crippen molar-refractivity contribution in [2.24, 2.45) is 11.1 Å². The van der Waals surface area contributed by atoms with Crippen LogP contribution >= 0.6 is 0 Å². The molecular weight excluding hydrogens is 326 g/mol. The van der Waals surface area contributed by atoms with E-state index in [0.717, 1.165) is 0 Å². The predicted molar refractivity (Wildman–Crippen MR) is 92.0 cm³/mol. The molecule has 0 aliphatic carbocycles. The molecule has 0 radical (unpaired) electrons. The molecule has 7 heteroatoms. The first-order valence-corrected chi connectivity index (χ1v) is 8.09. The van der Waals surface area contributed by atoms with Crippen molar-refractivity contribution in [3.8, 4) is 11.5 Å². The van der Waals surface area contributed by atoms with Gasteiger partial charge in [-0.1, -0.05) is 6.07 Å². The molecule has 1 aromatic carbocycles. The summed E-state index contributed by atoms with van der Waals surface area (Å²) in [5.41, 5.74) is 5.77. The topological polar surface area (TPSA) is 119 Å². The average molecular weight is 353 g/mol. The van der Waals surface area contributed by atoms with Gasteiger partial charge in [0.2, 0.25) is 0 Å². The number of hydrogen-bond donors (Lipinski definition) is 3. The van der Waals surface area contributed by atoms with Crippen LogP contribution in [0.5, 0.6) is 11.5 Å². The van der Waals surface area contributed by atoms with Crippen LogP contribution in [-0.2, 0) is 25.5 Å². The van der Waals surface area contributed by atoms with Crippen molar-refractivity contribution in [2.45, 2.75) is 59.3 Å². The number of aromatic hydroxyl groups is 2. The highest BCUT2D eigenvalue weighted by Crippen LogP contribution is 2.25. The molecule has 140 valence electrons. The van der Waals surface area contributed by atoms with Crippen LogP contribution in [0.1, 0.15) is 40.2 Å². The SMILES string of the molecule is C[C@H](OC(=O)[C@@H](N)Cc1ccc(O)c(O)c1)[C@@H](C)OC(=O)C(C)(C)C. The third-order valence-electron chi connectivity index (χ3n) is 3.67. The molecule has 0 saturated heterocycles. The van der Waals surface area contributed by atoms with Crippen LogP contribution in [0.2, 0.25) is 0 Å². The summed E-state index contributed by atoms with van der Waals surface area (Å²) >= 11 is 0. The number of esters is 2. The van der Waals surface area contributed by atoms with Gasteiger partial charge in [0, 0.05) is 0 Å². The quantitative estimate of drug-likeness (QED) is 0.527. The van der Waals surface area contributed by atoms with E-state index in [2.05, 4.69) is 0 Å². The average Bonchev–Trinajstić information content (AvgIpc) is 2.49. The van der Waals surface area contributed by atoms with Gasteiger partial charge < -0.3 is 25.4 Å². The summed E-state index contributed by atoms with van der Waals surface area (Å²) in [6, 6.07) is 3.26. The Hall–Kier alpha value is -2.28. The Labute approximate surface area is 147 Å². The van der Waals surface area contributed by atoms with Crippen LogP contribution in [0.15, 0.2) is 18.2 Å². The number of carbonyl (C=O) groups excluding carboxylic acids is 2. The molecule has 25 heavy (non-hydrogen) atoms. The number of nitrogens with two attached hydrogens (primary N) is 1. The maximum atomic E-state index is 12.1. The first-order chi connectivity index (χ1) is 11.4. The lowest BCUT2D eigenvalue weighted by atomic mass is 9.97. The van der Waals surface area contributed by atoms with Crippen molar-refractivity contribution in [3.05, 3.63) is 23.8 Å². The standard InChI is InChI=1S/C18H27NO6/c1-10(11(2)25-17(23)18(3,4)5)24-16(22)13(19)8-12-6-7-14(20)15(21)9-12/h6-7,9-11,13,20-21H,8,19H2,1-5H3/t10-,11+,13-/m0/s1. The highest BCUT2D eigenvalue weighted by molar-refractivity contribution is 5.77. The van der Waals surface area contributed by atoms with Crippen molar-refractivity contribution >= 4 is 11.9 Å². The summed E-state index contributed by atoms with van der Waals surface area (Å²) < 4.78 is 10.5. The molecule has 1 rings (SSSR count). The second kappa shape index (κ2) is 8.20. The van der Waals surface area contributed by atoms with E-state index in [4.69, 9.17) is 15.2 Å². The first-order valence-electron chi connectivity index (χ1n) is 8.09. The van der Waals surface area contributed by atoms with Gasteiger partial charge in [-0.25, -0.2) is 0 Å². The molecule has 0 aliphatic rings. The lowest BCUT2D eigenvalue weighted by molar-refractivity contribution is -0.171. The van der Waals surface area contributed by atoms with E-state index in [1.165, 1.54) is 12.1 Å². The number of carbonyl (C=O) groups is 2. The molecule has 0 unspecified atom stereocenters. The van der Waals surface area contributed by atoms with E-state index < -0.39 is 29.6 Å². The van der Waals surface area contributed by atoms with Gasteiger partial charge in [-0.2, -0.15) is 0 Å². The molecular formula is C18H27NO6. The fraction of sp³-hybridized carbons (Fsp3) is 0.556. The number of ether oxygens (including phenoxy) is 2. The molecule has 0 amide bonds. The summed E-state index contributed by atoms with van der Waals surface area (Å²) in [7, 11) is 0. The van der Waals surface area contributed by atoms with Gasteiger partial charge in [-0.15, -0.1) is 0 Å². The monoisotopic (exact) mass is 353 g/mol. The summed E-state index contributed by atoms with van der Waals surface area (Å²) in [4.78, 5) is 24.0. The molecule has 0 saturated carbocycles. The fourth-order valence-corrected chi connectivity index (χ4v) is 1.84. The molecule has 0 fully saturated rings. The molecule has 0 aromatic heterocycles. The summed E-state index contributed by atoms with van der Waals surface area (Å²) in [5, 5.41) is 18.7. The van der Waals surface area contributed by atoms with E-state index >= 15 is 0 Å². The lowest BCUT2D eigenvalue weighted by Gasteiger charge is -2.25. The normalized spacial score (nSPS) is 15.1. The molecule has 4 N–H and O–H groups in total. The smallest absolute Gasteiger partial charge is 0.323 e. The van der Waals surface area contributed by atoms with E-state index in [1.54, 1.807) is 40.7 Å². The minimum atomic E-state index is -0.947. The maximum absolute atomic E-state index is 12.1. The Morgan fingerprint density at radius 1 is 1.08 bits per heavy atom. The number of benzene rings is 1. The number of hydrogen-bond acceptors (Lipinski definition) is 7. The lowest BCUT2D eigenvalue weighted by Crippen LogP contribution is -2.40. The van der Waals surface area contributed by atoms with Crippen LogP contribution in [0, 0.1) is 5.41 Å². The van der Waals surface area contributed by atoms with Crippen LogP contribution in [0.25, 0.3) is 0 Å². The minimum absolute atomic E-state index is 0.134. The number of rotatable bonds is 6. The molecule has 1 aromatic rings. The van der Waals surface area contributed by atoms with E-state index in [1.807, 2.05) is 0 Å². The van der Waals surface area contributed by atoms with E-state index in [0.29, 0.717) is 5.56 Å². The van der Waals surface area contributed by atoms with Gasteiger partial charge >= 0.3 is 11.9 Å². The summed E-state index contributed by atoms with van der Waals surface area (Å²) in [6.45, 7) is 8.48. The first kappa shape index (κ1) is 20.8. The van der Waals surface area contributed by atoms with Crippen LogP contribution in [0.4, 0.5) is 0 Å². The molecule has 3 atom stereocenters. The zero-order valence-corrected chi connectivity index (χ0v) is 15.3. The molecule has 0 bridgehead atoms. The van der Waals surface area contributed by atoms with Crippen molar-refractivity contribution < 1.29 is 29.3 Å². The Kier molecular flexibility index (Phi) is 6.81. The largest absolute Gasteiger partial charge is 0.504 e. The van der Waals surface area contributed by atoms with Gasteiger partial charge in [0.05, 0.1) is 5.41 Å². The highest BCUT2D eigenvalue weighted by Gasteiger charge is 2.29. The second-order valence-electron chi connectivity index (χ2n) is 7.14. The molecule has 0 heterocycles. The molecule has 0 aliphatic heterocycles. The van der Waals surface area contributed by atoms with Crippen molar-refractivity contribution in [2.75, 3.05) is 0 Å². The highest BCUT2D eigenvalue weighted by atomic mass is 16.6. The Bertz CT molecular complexity index is 622. The predicted octanol–water partition coefficient (Wildman–Crippen LogP) is 1.88. The van der Waals surface area contributed by atoms with Gasteiger partial charge in [-0.05, 0) is 58.7 Å². The van der Waals surface area contributed by atoms with Gasteiger partial charge in [0.15, 0.2) is 11.5 Å². The van der Waals surface area contributed by atoms with Crippen LogP contribution < -0.4 is 5.73 Å². The van der Waals surface area contributed by atoms with Crippen molar-refractivity contribution in [1.29, 1.82) is 0 Å².